The molecule has 0 aliphatic heterocycles. The van der Waals surface area contributed by atoms with Crippen molar-refractivity contribution >= 4 is 0 Å². The summed E-state index contributed by atoms with van der Waals surface area (Å²) in [6, 6.07) is 10.7. The quantitative estimate of drug-likeness (QED) is 0.826. The molecule has 16 heavy (non-hydrogen) atoms. The van der Waals surface area contributed by atoms with Crippen molar-refractivity contribution in [1.29, 1.82) is 0 Å². The molecule has 0 saturated carbocycles. The van der Waals surface area contributed by atoms with Gasteiger partial charge >= 0.3 is 0 Å². The lowest BCUT2D eigenvalue weighted by Gasteiger charge is -2.12. The van der Waals surface area contributed by atoms with Crippen molar-refractivity contribution in [3.05, 3.63) is 48.5 Å². The van der Waals surface area contributed by atoms with Crippen LogP contribution in [0.3, 0.4) is 0 Å². The molecule has 84 valence electrons. The lowest BCUT2D eigenvalue weighted by atomic mass is 10.2. The topological polar surface area (TPSA) is 42.7 Å². The highest BCUT2D eigenvalue weighted by Gasteiger charge is 2.03. The van der Waals surface area contributed by atoms with Crippen LogP contribution in [0.4, 0.5) is 0 Å². The van der Waals surface area contributed by atoms with Gasteiger partial charge in [0, 0.05) is 13.1 Å². The van der Waals surface area contributed by atoms with E-state index in [0.29, 0.717) is 6.04 Å². The van der Waals surface area contributed by atoms with Crippen molar-refractivity contribution in [2.45, 2.75) is 19.5 Å². The summed E-state index contributed by atoms with van der Waals surface area (Å²) in [5.41, 5.74) is 1.30. The van der Waals surface area contributed by atoms with Crippen LogP contribution in [0.5, 0.6) is 0 Å². The van der Waals surface area contributed by atoms with E-state index in [9.17, 15) is 0 Å². The molecular weight excluding hydrogens is 200 g/mol. The highest BCUT2D eigenvalue weighted by Crippen LogP contribution is 2.01. The van der Waals surface area contributed by atoms with Gasteiger partial charge in [-0.15, -0.1) is 0 Å². The summed E-state index contributed by atoms with van der Waals surface area (Å²) in [7, 11) is 0. The van der Waals surface area contributed by atoms with E-state index in [1.54, 1.807) is 12.7 Å². The molecule has 1 N–H and O–H groups in total. The van der Waals surface area contributed by atoms with Crippen molar-refractivity contribution in [1.82, 2.24) is 20.1 Å². The molecule has 0 aliphatic carbocycles. The average molecular weight is 216 g/mol. The molecule has 4 heteroatoms. The van der Waals surface area contributed by atoms with Gasteiger partial charge in [0.1, 0.15) is 12.7 Å². The van der Waals surface area contributed by atoms with E-state index in [4.69, 9.17) is 0 Å². The summed E-state index contributed by atoms with van der Waals surface area (Å²) >= 11 is 0. The number of aromatic nitrogens is 3. The third kappa shape index (κ3) is 2.90. The second-order valence-electron chi connectivity index (χ2n) is 3.84. The molecule has 0 spiro atoms. The first-order valence-corrected chi connectivity index (χ1v) is 5.45. The Labute approximate surface area is 95.3 Å². The van der Waals surface area contributed by atoms with Gasteiger partial charge in [-0.2, -0.15) is 5.10 Å². The Hall–Kier alpha value is -1.68. The second-order valence-corrected chi connectivity index (χ2v) is 3.84. The first kappa shape index (κ1) is 10.8. The minimum absolute atomic E-state index is 0.325. The van der Waals surface area contributed by atoms with Crippen LogP contribution in [0.1, 0.15) is 18.5 Å². The summed E-state index contributed by atoms with van der Waals surface area (Å²) in [5, 5.41) is 7.51. The van der Waals surface area contributed by atoms with E-state index in [1.165, 1.54) is 5.56 Å². The highest BCUT2D eigenvalue weighted by molar-refractivity contribution is 5.14. The van der Waals surface area contributed by atoms with Crippen molar-refractivity contribution in [2.75, 3.05) is 6.54 Å². The van der Waals surface area contributed by atoms with Gasteiger partial charge in [0.15, 0.2) is 0 Å². The maximum absolute atomic E-state index is 4.11. The summed E-state index contributed by atoms with van der Waals surface area (Å²) < 4.78 is 1.86. The van der Waals surface area contributed by atoms with E-state index >= 15 is 0 Å². The fraction of sp³-hybridized carbons (Fsp3) is 0.333. The number of hydrogen-bond donors (Lipinski definition) is 1. The molecule has 1 aromatic carbocycles. The van der Waals surface area contributed by atoms with Gasteiger partial charge in [-0.25, -0.2) is 9.67 Å². The van der Waals surface area contributed by atoms with Crippen LogP contribution in [0.15, 0.2) is 43.0 Å². The van der Waals surface area contributed by atoms with E-state index in [-0.39, 0.29) is 0 Å². The zero-order valence-electron chi connectivity index (χ0n) is 9.37. The predicted octanol–water partition coefficient (Wildman–Crippen LogP) is 1.63. The third-order valence-electron chi connectivity index (χ3n) is 2.50. The average Bonchev–Trinajstić information content (AvgIpc) is 2.84. The second kappa shape index (κ2) is 5.42. The molecule has 1 unspecified atom stereocenters. The highest BCUT2D eigenvalue weighted by atomic mass is 15.3. The number of benzene rings is 1. The number of nitrogens with zero attached hydrogens (tertiary/aromatic N) is 3. The molecule has 2 aromatic rings. The SMILES string of the molecule is CC(CNCc1ccccc1)n1cncn1. The van der Waals surface area contributed by atoms with Gasteiger partial charge in [-0.3, -0.25) is 0 Å². The maximum atomic E-state index is 4.11. The number of rotatable bonds is 5. The Morgan fingerprint density at radius 3 is 2.81 bits per heavy atom. The van der Waals surface area contributed by atoms with Gasteiger partial charge < -0.3 is 5.32 Å². The first-order valence-electron chi connectivity index (χ1n) is 5.45. The minimum Gasteiger partial charge on any atom is -0.311 e. The van der Waals surface area contributed by atoms with E-state index in [0.717, 1.165) is 13.1 Å². The zero-order chi connectivity index (χ0) is 11.2. The van der Waals surface area contributed by atoms with E-state index in [1.807, 2.05) is 10.7 Å². The standard InChI is InChI=1S/C12H16N4/c1-11(16-10-14-9-15-16)7-13-8-12-5-3-2-4-6-12/h2-6,9-11,13H,7-8H2,1H3. The molecule has 1 aromatic heterocycles. The van der Waals surface area contributed by atoms with Crippen LogP contribution in [0.2, 0.25) is 0 Å². The molecule has 1 heterocycles. The first-order chi connectivity index (χ1) is 7.86. The molecule has 0 aliphatic rings. The smallest absolute Gasteiger partial charge is 0.137 e. The monoisotopic (exact) mass is 216 g/mol. The molecule has 4 nitrogen and oxygen atoms in total. The normalized spacial score (nSPS) is 12.6. The van der Waals surface area contributed by atoms with Crippen LogP contribution in [0, 0.1) is 0 Å². The van der Waals surface area contributed by atoms with Crippen LogP contribution < -0.4 is 5.32 Å². The zero-order valence-corrected chi connectivity index (χ0v) is 9.37. The fourth-order valence-electron chi connectivity index (χ4n) is 1.56. The Kier molecular flexibility index (Phi) is 3.66. The minimum atomic E-state index is 0.325. The Morgan fingerprint density at radius 2 is 2.12 bits per heavy atom. The van der Waals surface area contributed by atoms with Crippen molar-refractivity contribution in [2.24, 2.45) is 0 Å². The molecule has 1 atom stereocenters. The fourth-order valence-corrected chi connectivity index (χ4v) is 1.56. The van der Waals surface area contributed by atoms with Crippen LogP contribution in [0.25, 0.3) is 0 Å². The lowest BCUT2D eigenvalue weighted by molar-refractivity contribution is 0.452. The summed E-state index contributed by atoms with van der Waals surface area (Å²) in [5.74, 6) is 0. The van der Waals surface area contributed by atoms with Crippen LogP contribution in [-0.4, -0.2) is 21.3 Å². The number of nitrogens with one attached hydrogen (secondary N) is 1. The Morgan fingerprint density at radius 1 is 1.31 bits per heavy atom. The van der Waals surface area contributed by atoms with E-state index in [2.05, 4.69) is 46.6 Å². The lowest BCUT2D eigenvalue weighted by Crippen LogP contribution is -2.23. The van der Waals surface area contributed by atoms with E-state index < -0.39 is 0 Å². The van der Waals surface area contributed by atoms with Crippen LogP contribution in [-0.2, 0) is 6.54 Å². The largest absolute Gasteiger partial charge is 0.311 e. The molecule has 2 rings (SSSR count). The van der Waals surface area contributed by atoms with Gasteiger partial charge in [0.05, 0.1) is 6.04 Å². The molecule has 0 fully saturated rings. The molecule has 0 amide bonds. The molecular formula is C12H16N4. The van der Waals surface area contributed by atoms with Crippen LogP contribution >= 0.6 is 0 Å². The summed E-state index contributed by atoms with van der Waals surface area (Å²) in [6.07, 6.45) is 3.31. The van der Waals surface area contributed by atoms with Crippen molar-refractivity contribution in [3.63, 3.8) is 0 Å². The molecule has 0 saturated heterocycles. The molecule has 0 bridgehead atoms. The third-order valence-corrected chi connectivity index (χ3v) is 2.50. The Bertz CT molecular complexity index is 396. The van der Waals surface area contributed by atoms with Crippen molar-refractivity contribution in [3.8, 4) is 0 Å². The van der Waals surface area contributed by atoms with Gasteiger partial charge in [0.25, 0.3) is 0 Å². The van der Waals surface area contributed by atoms with Gasteiger partial charge in [-0.05, 0) is 12.5 Å². The molecule has 0 radical (unpaired) electrons. The predicted molar refractivity (Wildman–Crippen MR) is 62.9 cm³/mol. The Balaban J connectivity index is 1.76. The van der Waals surface area contributed by atoms with Gasteiger partial charge in [0.2, 0.25) is 0 Å². The van der Waals surface area contributed by atoms with Crippen molar-refractivity contribution < 1.29 is 0 Å². The summed E-state index contributed by atoms with van der Waals surface area (Å²) in [4.78, 5) is 3.93. The maximum Gasteiger partial charge on any atom is 0.137 e. The van der Waals surface area contributed by atoms with Gasteiger partial charge in [-0.1, -0.05) is 30.3 Å². The summed E-state index contributed by atoms with van der Waals surface area (Å²) in [6.45, 7) is 3.89. The number of hydrogen-bond acceptors (Lipinski definition) is 3.